The molecule has 4 aliphatic rings. The van der Waals surface area contributed by atoms with Crippen molar-refractivity contribution in [1.29, 1.82) is 0 Å². The molecule has 3 fully saturated rings. The maximum atomic E-state index is 15.4. The maximum absolute atomic E-state index is 15.4. The van der Waals surface area contributed by atoms with Crippen molar-refractivity contribution in [2.75, 3.05) is 20.3 Å². The van der Waals surface area contributed by atoms with E-state index >= 15 is 13.6 Å². The zero-order chi connectivity index (χ0) is 43.5. The van der Waals surface area contributed by atoms with E-state index in [1.165, 1.54) is 31.4 Å². The topological polar surface area (TPSA) is 185 Å². The number of nitrogens with one attached hydrogen (secondary N) is 2. The van der Waals surface area contributed by atoms with Crippen LogP contribution in [0.1, 0.15) is 79.6 Å². The fourth-order valence-corrected chi connectivity index (χ4v) is 9.76. The van der Waals surface area contributed by atoms with Gasteiger partial charge in [0.05, 0.1) is 13.7 Å². The quantitative estimate of drug-likeness (QED) is 0.208. The summed E-state index contributed by atoms with van der Waals surface area (Å²) in [5.41, 5.74) is -4.25. The third-order valence-electron chi connectivity index (χ3n) is 12.6. The monoisotopic (exact) mass is 853 g/mol. The van der Waals surface area contributed by atoms with Gasteiger partial charge in [0.2, 0.25) is 33.6 Å². The third-order valence-corrected chi connectivity index (χ3v) is 14.7. The number of ether oxygens (including phenoxy) is 2. The minimum atomic E-state index is -4.50. The molecule has 2 aliphatic carbocycles. The number of fused-ring (bicyclic) bond motifs is 3. The average Bonchev–Trinajstić information content (AvgIpc) is 4.05. The number of hydrogen-bond acceptors (Lipinski definition) is 9. The van der Waals surface area contributed by atoms with E-state index in [-0.39, 0.29) is 56.3 Å². The lowest BCUT2D eigenvalue weighted by Crippen LogP contribution is -2.66. The molecule has 1 aromatic carbocycles. The first-order valence-corrected chi connectivity index (χ1v) is 21.1. The summed E-state index contributed by atoms with van der Waals surface area (Å²) >= 11 is 0. The van der Waals surface area contributed by atoms with E-state index in [0.717, 1.165) is 18.7 Å². The number of methoxy groups -OCH3 is 1. The number of alkyl halides is 3. The number of sulfonamides is 1. The van der Waals surface area contributed by atoms with Gasteiger partial charge in [0.15, 0.2) is 0 Å². The molecule has 19 heteroatoms. The molecular formula is C40H51F4N5O9S. The van der Waals surface area contributed by atoms with E-state index in [1.807, 2.05) is 11.6 Å². The molecule has 0 bridgehead atoms. The Labute approximate surface area is 340 Å². The number of amides is 4. The molecule has 2 aliphatic heterocycles. The van der Waals surface area contributed by atoms with Crippen molar-refractivity contribution in [2.24, 2.45) is 17.8 Å². The van der Waals surface area contributed by atoms with Gasteiger partial charge in [-0.25, -0.2) is 30.8 Å². The fourth-order valence-electron chi connectivity index (χ4n) is 8.34. The van der Waals surface area contributed by atoms with Crippen LogP contribution in [0.2, 0.25) is 0 Å². The Balaban J connectivity index is 1.44. The third kappa shape index (κ3) is 8.27. The predicted octanol–water partition coefficient (Wildman–Crippen LogP) is 5.35. The summed E-state index contributed by atoms with van der Waals surface area (Å²) in [4.78, 5) is 62.6. The highest BCUT2D eigenvalue weighted by Gasteiger charge is 2.64. The number of aromatic nitrogens is 1. The van der Waals surface area contributed by atoms with Crippen molar-refractivity contribution >= 4 is 44.6 Å². The van der Waals surface area contributed by atoms with Gasteiger partial charge in [0.25, 0.3) is 11.8 Å². The number of halogens is 4. The van der Waals surface area contributed by atoms with Gasteiger partial charge in [-0.2, -0.15) is 4.98 Å². The molecule has 2 aromatic rings. The number of allylic oxidation sites excluding steroid dienone is 1. The second-order valence-electron chi connectivity index (χ2n) is 17.2. The van der Waals surface area contributed by atoms with Crippen LogP contribution in [0.4, 0.5) is 22.4 Å². The summed E-state index contributed by atoms with van der Waals surface area (Å²) in [6, 6.07) is 2.05. The van der Waals surface area contributed by atoms with Crippen LogP contribution in [-0.4, -0.2) is 112 Å². The van der Waals surface area contributed by atoms with Crippen molar-refractivity contribution in [3.05, 3.63) is 42.2 Å². The van der Waals surface area contributed by atoms with Crippen LogP contribution >= 0.6 is 0 Å². The molecule has 59 heavy (non-hydrogen) atoms. The van der Waals surface area contributed by atoms with Gasteiger partial charge in [-0.1, -0.05) is 26.0 Å². The molecule has 1 aromatic heterocycles. The van der Waals surface area contributed by atoms with Crippen LogP contribution in [0.5, 0.6) is 11.8 Å². The average molecular weight is 854 g/mol. The Morgan fingerprint density at radius 2 is 1.83 bits per heavy atom. The molecule has 3 N–H and O–H groups in total. The zero-order valence-corrected chi connectivity index (χ0v) is 34.6. The summed E-state index contributed by atoms with van der Waals surface area (Å²) in [6.45, 7) is 4.47. The van der Waals surface area contributed by atoms with E-state index < -0.39 is 98.1 Å². The Hall–Kier alpha value is -4.68. The molecule has 14 nitrogen and oxygen atoms in total. The maximum Gasteiger partial charge on any atom is 0.408 e. The number of hydrogen-bond donors (Lipinski definition) is 3. The van der Waals surface area contributed by atoms with E-state index in [9.17, 15) is 36.7 Å². The van der Waals surface area contributed by atoms with Crippen LogP contribution in [0, 0.1) is 23.6 Å². The van der Waals surface area contributed by atoms with Gasteiger partial charge in [0.1, 0.15) is 46.5 Å². The predicted molar refractivity (Wildman–Crippen MR) is 206 cm³/mol. The Bertz CT molecular complexity index is 2150. The number of nitrogens with zero attached hydrogens (tertiary/aromatic N) is 3. The summed E-state index contributed by atoms with van der Waals surface area (Å²) in [7, 11) is -3.16. The lowest BCUT2D eigenvalue weighted by Gasteiger charge is -2.47. The van der Waals surface area contributed by atoms with E-state index in [1.54, 1.807) is 19.1 Å². The Morgan fingerprint density at radius 1 is 1.14 bits per heavy atom. The van der Waals surface area contributed by atoms with Crippen LogP contribution in [-0.2, 0) is 24.4 Å². The van der Waals surface area contributed by atoms with Crippen LogP contribution in [0.15, 0.2) is 36.4 Å². The smallest absolute Gasteiger partial charge is 0.408 e. The van der Waals surface area contributed by atoms with E-state index in [0.29, 0.717) is 35.4 Å². The lowest BCUT2D eigenvalue weighted by atomic mass is 9.84. The molecule has 2 saturated carbocycles. The number of carbonyl (C=O) groups is 4. The number of carboxylic acid groups (broad SMARTS) is 1. The SMILES string of the molecule is COc1cc2cc(F)ccc2c(O[C@@H]2C[C@H]3C(=O)N[C@]4(C(=O)NS(=O)(=O)C5(CF)CC5)C[C@H]4/C=C\CC[C@H](C)C[C@@H](C)[C@H](N(C(=O)O)C(C)(C)C(C)(F)F)C(=O)N3C2)n1. The summed E-state index contributed by atoms with van der Waals surface area (Å²) < 4.78 is 97.1. The number of benzene rings is 1. The largest absolute Gasteiger partial charge is 0.481 e. The second-order valence-corrected chi connectivity index (χ2v) is 19.3. The minimum absolute atomic E-state index is 0.00755. The molecule has 0 unspecified atom stereocenters. The standard InChI is InChI=1S/C40H51F4N5O9S/c1-22-9-7-8-10-25-19-40(25,35(52)47-59(55,56)39(21-41)13-14-39)46-32(50)29-18-27(58-33-28-12-11-26(42)16-24(28)17-30(45-33)57-6)20-48(29)34(51)31(23(2)15-22)49(36(53)54)37(3,4)38(5,43)44/h8,10-12,16-17,22-23,25,27,29,31H,7,9,13-15,18-21H2,1-6H3,(H,46,50)(H,47,52)(H,53,54)/b10-8-/t22-,23+,25+,27+,29-,31-,40+/m0/s1. The molecule has 3 heterocycles. The molecule has 0 radical (unpaired) electrons. The van der Waals surface area contributed by atoms with Crippen LogP contribution < -0.4 is 19.5 Å². The summed E-state index contributed by atoms with van der Waals surface area (Å²) in [5.74, 6) is -8.88. The molecule has 7 atom stereocenters. The van der Waals surface area contributed by atoms with Gasteiger partial charge in [-0.15, -0.1) is 0 Å². The second kappa shape index (κ2) is 15.7. The summed E-state index contributed by atoms with van der Waals surface area (Å²) in [6.07, 6.45) is 1.52. The lowest BCUT2D eigenvalue weighted by molar-refractivity contribution is -0.156. The number of rotatable bonds is 10. The van der Waals surface area contributed by atoms with Gasteiger partial charge < -0.3 is 24.8 Å². The van der Waals surface area contributed by atoms with E-state index in [4.69, 9.17) is 9.47 Å². The first kappa shape index (κ1) is 43.9. The van der Waals surface area contributed by atoms with Gasteiger partial charge >= 0.3 is 6.09 Å². The van der Waals surface area contributed by atoms with Gasteiger partial charge in [-0.05, 0) is 87.8 Å². The van der Waals surface area contributed by atoms with Crippen LogP contribution in [0.25, 0.3) is 10.8 Å². The highest BCUT2D eigenvalue weighted by molar-refractivity contribution is 7.91. The Kier molecular flexibility index (Phi) is 11.7. The molecule has 0 spiro atoms. The molecule has 6 rings (SSSR count). The van der Waals surface area contributed by atoms with Crippen molar-refractivity contribution < 1.29 is 59.7 Å². The van der Waals surface area contributed by atoms with Crippen molar-refractivity contribution in [2.45, 2.75) is 119 Å². The minimum Gasteiger partial charge on any atom is -0.481 e. The van der Waals surface area contributed by atoms with Crippen molar-refractivity contribution in [1.82, 2.24) is 24.8 Å². The Morgan fingerprint density at radius 3 is 2.44 bits per heavy atom. The van der Waals surface area contributed by atoms with E-state index in [2.05, 4.69) is 10.3 Å². The zero-order valence-electron chi connectivity index (χ0n) is 33.8. The first-order chi connectivity index (χ1) is 27.5. The van der Waals surface area contributed by atoms with Crippen LogP contribution in [0.3, 0.4) is 0 Å². The van der Waals surface area contributed by atoms with Crippen molar-refractivity contribution in [3.8, 4) is 11.8 Å². The molecular weight excluding hydrogens is 803 g/mol. The normalized spacial score (nSPS) is 29.2. The fraction of sp³-hybridized carbons (Fsp3) is 0.625. The molecule has 1 saturated heterocycles. The van der Waals surface area contributed by atoms with Gasteiger partial charge in [-0.3, -0.25) is 24.0 Å². The number of carbonyl (C=O) groups excluding carboxylic acids is 3. The first-order valence-electron chi connectivity index (χ1n) is 19.6. The number of pyridine rings is 1. The molecule has 324 valence electrons. The highest BCUT2D eigenvalue weighted by Crippen LogP contribution is 2.48. The van der Waals surface area contributed by atoms with Crippen molar-refractivity contribution in [3.63, 3.8) is 0 Å². The highest BCUT2D eigenvalue weighted by atomic mass is 32.2. The summed E-state index contributed by atoms with van der Waals surface area (Å²) in [5, 5.41) is 14.0. The molecule has 4 amide bonds. The van der Waals surface area contributed by atoms with Gasteiger partial charge in [0, 0.05) is 30.7 Å².